The number of thioether (sulfide) groups is 1. The predicted molar refractivity (Wildman–Crippen MR) is 144 cm³/mol. The molecule has 11 nitrogen and oxygen atoms in total. The summed E-state index contributed by atoms with van der Waals surface area (Å²) < 4.78 is 0. The van der Waals surface area contributed by atoms with Gasteiger partial charge in [0.25, 0.3) is 0 Å². The summed E-state index contributed by atoms with van der Waals surface area (Å²) in [6, 6.07) is 2.36. The third kappa shape index (κ3) is 11.8. The number of hydrogen-bond acceptors (Lipinski definition) is 8. The van der Waals surface area contributed by atoms with E-state index in [2.05, 4.69) is 16.0 Å². The molecule has 3 amide bonds. The minimum Gasteiger partial charge on any atom is -0.508 e. The Labute approximate surface area is 222 Å². The number of carboxylic acids is 1. The number of unbranched alkanes of at least 4 members (excludes halogenated alkanes) is 1. The Morgan fingerprint density at radius 2 is 1.49 bits per heavy atom. The second-order valence-electron chi connectivity index (χ2n) is 9.23. The van der Waals surface area contributed by atoms with E-state index < -0.39 is 47.9 Å². The molecule has 0 aliphatic carbocycles. The lowest BCUT2D eigenvalue weighted by atomic mass is 10.0. The number of carbonyl (C=O) groups is 4. The number of aromatic hydroxyl groups is 1. The number of nitrogens with two attached hydrogens (primary N) is 2. The molecule has 0 bridgehead atoms. The Bertz CT molecular complexity index is 883. The summed E-state index contributed by atoms with van der Waals surface area (Å²) in [5.41, 5.74) is 12.4. The summed E-state index contributed by atoms with van der Waals surface area (Å²) >= 11 is 1.50. The quantitative estimate of drug-likeness (QED) is 0.136. The first-order valence-corrected chi connectivity index (χ1v) is 13.8. The van der Waals surface area contributed by atoms with Crippen LogP contribution in [0.2, 0.25) is 0 Å². The molecular weight excluding hydrogens is 498 g/mol. The van der Waals surface area contributed by atoms with Gasteiger partial charge in [0.05, 0.1) is 6.04 Å². The van der Waals surface area contributed by atoms with Gasteiger partial charge >= 0.3 is 5.97 Å². The van der Waals surface area contributed by atoms with E-state index in [4.69, 9.17) is 11.5 Å². The summed E-state index contributed by atoms with van der Waals surface area (Å²) in [4.78, 5) is 50.5. The number of aliphatic carboxylic acids is 1. The zero-order chi connectivity index (χ0) is 28.0. The summed E-state index contributed by atoms with van der Waals surface area (Å²) in [6.45, 7) is 3.77. The highest BCUT2D eigenvalue weighted by atomic mass is 32.2. The van der Waals surface area contributed by atoms with Gasteiger partial charge in [0.15, 0.2) is 0 Å². The molecule has 4 atom stereocenters. The van der Waals surface area contributed by atoms with Crippen molar-refractivity contribution in [2.24, 2.45) is 17.4 Å². The van der Waals surface area contributed by atoms with Crippen LogP contribution in [0.4, 0.5) is 0 Å². The van der Waals surface area contributed by atoms with Gasteiger partial charge in [0.2, 0.25) is 17.7 Å². The number of rotatable bonds is 17. The number of benzene rings is 1. The number of phenols is 1. The smallest absolute Gasteiger partial charge is 0.326 e. The fraction of sp³-hybridized carbons (Fsp3) is 0.600. The molecule has 9 N–H and O–H groups in total. The van der Waals surface area contributed by atoms with Crippen LogP contribution in [-0.4, -0.2) is 76.6 Å². The third-order valence-electron chi connectivity index (χ3n) is 5.78. The van der Waals surface area contributed by atoms with Crippen molar-refractivity contribution in [3.8, 4) is 5.75 Å². The first kappa shape index (κ1) is 32.2. The van der Waals surface area contributed by atoms with E-state index in [0.29, 0.717) is 31.6 Å². The van der Waals surface area contributed by atoms with Gasteiger partial charge in [-0.15, -0.1) is 0 Å². The molecule has 208 valence electrons. The summed E-state index contributed by atoms with van der Waals surface area (Å²) in [5, 5.41) is 26.7. The molecule has 0 heterocycles. The highest BCUT2D eigenvalue weighted by Crippen LogP contribution is 2.12. The van der Waals surface area contributed by atoms with E-state index >= 15 is 0 Å². The molecule has 0 saturated carbocycles. The average molecular weight is 540 g/mol. The Morgan fingerprint density at radius 1 is 0.919 bits per heavy atom. The van der Waals surface area contributed by atoms with Crippen LogP contribution >= 0.6 is 11.8 Å². The lowest BCUT2D eigenvalue weighted by Crippen LogP contribution is -2.57. The van der Waals surface area contributed by atoms with Gasteiger partial charge in [-0.1, -0.05) is 26.0 Å². The van der Waals surface area contributed by atoms with Crippen molar-refractivity contribution in [3.63, 3.8) is 0 Å². The second-order valence-corrected chi connectivity index (χ2v) is 10.2. The molecule has 0 radical (unpaired) electrons. The molecule has 0 spiro atoms. The van der Waals surface area contributed by atoms with Gasteiger partial charge in [0, 0.05) is 0 Å². The minimum atomic E-state index is -1.16. The molecule has 0 aromatic heterocycles. The SMILES string of the molecule is CSCCC(NC(=O)C(N)Cc1ccc(O)cc1)C(=O)NC(CCCCN)C(=O)NC(C(=O)O)C(C)C. The molecule has 4 unspecified atom stereocenters. The molecule has 0 fully saturated rings. The zero-order valence-corrected chi connectivity index (χ0v) is 22.6. The van der Waals surface area contributed by atoms with Gasteiger partial charge in [-0.25, -0.2) is 4.79 Å². The molecule has 1 aromatic rings. The monoisotopic (exact) mass is 539 g/mol. The van der Waals surface area contributed by atoms with Crippen molar-refractivity contribution < 1.29 is 29.4 Å². The van der Waals surface area contributed by atoms with Crippen LogP contribution in [0.15, 0.2) is 24.3 Å². The number of nitrogens with one attached hydrogen (secondary N) is 3. The van der Waals surface area contributed by atoms with E-state index in [0.717, 1.165) is 5.56 Å². The highest BCUT2D eigenvalue weighted by Gasteiger charge is 2.31. The van der Waals surface area contributed by atoms with E-state index in [9.17, 15) is 29.4 Å². The normalized spacial score (nSPS) is 14.3. The van der Waals surface area contributed by atoms with Crippen LogP contribution in [0.25, 0.3) is 0 Å². The summed E-state index contributed by atoms with van der Waals surface area (Å²) in [5.74, 6) is -2.53. The molecule has 37 heavy (non-hydrogen) atoms. The number of amides is 3. The maximum absolute atomic E-state index is 13.2. The standard InChI is InChI=1S/C25H41N5O6S/c1-15(2)21(25(35)36)30-24(34)19(6-4-5-12-26)29-23(33)20(11-13-37-3)28-22(32)18(27)14-16-7-9-17(31)10-8-16/h7-10,15,18-21,31H,4-6,11-14,26-27H2,1-3H3,(H,28,32)(H,29,33)(H,30,34)(H,35,36). The van der Waals surface area contributed by atoms with Crippen LogP contribution in [0.3, 0.4) is 0 Å². The average Bonchev–Trinajstić information content (AvgIpc) is 2.84. The largest absolute Gasteiger partial charge is 0.508 e. The Hall–Kier alpha value is -2.83. The molecule has 0 saturated heterocycles. The molecule has 0 aliphatic rings. The topological polar surface area (TPSA) is 197 Å². The second kappa shape index (κ2) is 16.8. The van der Waals surface area contributed by atoms with Crippen molar-refractivity contribution in [3.05, 3.63) is 29.8 Å². The lowest BCUT2D eigenvalue weighted by Gasteiger charge is -2.26. The third-order valence-corrected chi connectivity index (χ3v) is 6.43. The predicted octanol–water partition coefficient (Wildman–Crippen LogP) is 0.339. The Kier molecular flexibility index (Phi) is 14.6. The Morgan fingerprint density at radius 3 is 2.03 bits per heavy atom. The Balaban J connectivity index is 2.94. The van der Waals surface area contributed by atoms with Crippen molar-refractivity contribution >= 4 is 35.5 Å². The van der Waals surface area contributed by atoms with Crippen LogP contribution in [-0.2, 0) is 25.6 Å². The molecule has 1 aromatic carbocycles. The molecular formula is C25H41N5O6S. The van der Waals surface area contributed by atoms with E-state index in [1.807, 2.05) is 6.26 Å². The van der Waals surface area contributed by atoms with Crippen molar-refractivity contribution in [1.29, 1.82) is 0 Å². The number of hydrogen-bond donors (Lipinski definition) is 7. The van der Waals surface area contributed by atoms with Crippen molar-refractivity contribution in [2.75, 3.05) is 18.6 Å². The zero-order valence-electron chi connectivity index (χ0n) is 21.7. The van der Waals surface area contributed by atoms with Gasteiger partial charge in [-0.2, -0.15) is 11.8 Å². The van der Waals surface area contributed by atoms with Crippen LogP contribution in [0.1, 0.15) is 45.1 Å². The maximum atomic E-state index is 13.2. The van der Waals surface area contributed by atoms with Gasteiger partial charge in [-0.3, -0.25) is 14.4 Å². The van der Waals surface area contributed by atoms with Gasteiger partial charge < -0.3 is 37.6 Å². The number of phenolic OH excluding ortho intramolecular Hbond substituents is 1. The van der Waals surface area contributed by atoms with Gasteiger partial charge in [0.1, 0.15) is 23.9 Å². The van der Waals surface area contributed by atoms with Crippen molar-refractivity contribution in [2.45, 2.75) is 70.1 Å². The van der Waals surface area contributed by atoms with Crippen molar-refractivity contribution in [1.82, 2.24) is 16.0 Å². The maximum Gasteiger partial charge on any atom is 0.326 e. The molecule has 0 aliphatic heterocycles. The van der Waals surface area contributed by atoms with Crippen LogP contribution < -0.4 is 27.4 Å². The van der Waals surface area contributed by atoms with E-state index in [1.54, 1.807) is 26.0 Å². The minimum absolute atomic E-state index is 0.101. The summed E-state index contributed by atoms with van der Waals surface area (Å²) in [7, 11) is 0. The number of carboxylic acid groups (broad SMARTS) is 1. The van der Waals surface area contributed by atoms with Crippen LogP contribution in [0, 0.1) is 5.92 Å². The summed E-state index contributed by atoms with van der Waals surface area (Å²) in [6.07, 6.45) is 3.83. The fourth-order valence-electron chi connectivity index (χ4n) is 3.56. The van der Waals surface area contributed by atoms with E-state index in [-0.39, 0.29) is 24.5 Å². The van der Waals surface area contributed by atoms with Crippen LogP contribution in [0.5, 0.6) is 5.75 Å². The molecule has 1 rings (SSSR count). The first-order valence-electron chi connectivity index (χ1n) is 12.4. The lowest BCUT2D eigenvalue weighted by molar-refractivity contribution is -0.143. The fourth-order valence-corrected chi connectivity index (χ4v) is 4.03. The first-order chi connectivity index (χ1) is 17.5. The highest BCUT2D eigenvalue weighted by molar-refractivity contribution is 7.98. The van der Waals surface area contributed by atoms with Gasteiger partial charge in [-0.05, 0) is 74.3 Å². The molecule has 12 heteroatoms. The number of carbonyl (C=O) groups excluding carboxylic acids is 3. The van der Waals surface area contributed by atoms with E-state index in [1.165, 1.54) is 23.9 Å².